The van der Waals surface area contributed by atoms with Gasteiger partial charge in [-0.3, -0.25) is 9.59 Å². The third-order valence-electron chi connectivity index (χ3n) is 4.03. The second-order valence-corrected chi connectivity index (χ2v) is 6.48. The molecule has 0 saturated carbocycles. The van der Waals surface area contributed by atoms with E-state index >= 15 is 0 Å². The van der Waals surface area contributed by atoms with E-state index in [1.165, 1.54) is 14.0 Å². The molecule has 2 aromatic carbocycles. The van der Waals surface area contributed by atoms with Gasteiger partial charge in [0.2, 0.25) is 5.91 Å². The van der Waals surface area contributed by atoms with Crippen LogP contribution in [0.1, 0.15) is 28.4 Å². The first-order valence-electron chi connectivity index (χ1n) is 8.30. The molecule has 0 aliphatic heterocycles. The number of benzene rings is 2. The monoisotopic (exact) mass is 374 g/mol. The fourth-order valence-electron chi connectivity index (χ4n) is 2.64. The van der Waals surface area contributed by atoms with Gasteiger partial charge in [-0.15, -0.1) is 0 Å². The molecule has 0 aromatic heterocycles. The molecule has 2 aromatic rings. The first-order valence-corrected chi connectivity index (χ1v) is 8.68. The lowest BCUT2D eigenvalue weighted by Gasteiger charge is -2.24. The smallest absolute Gasteiger partial charge is 0.251 e. The Morgan fingerprint density at radius 2 is 1.92 bits per heavy atom. The normalized spacial score (nSPS) is 10.3. The van der Waals surface area contributed by atoms with Crippen molar-refractivity contribution in [2.75, 3.05) is 25.1 Å². The van der Waals surface area contributed by atoms with E-state index in [0.29, 0.717) is 35.1 Å². The van der Waals surface area contributed by atoms with Gasteiger partial charge in [0.15, 0.2) is 0 Å². The summed E-state index contributed by atoms with van der Waals surface area (Å²) in [5.74, 6) is 0.201. The number of nitrogens with one attached hydrogen (secondary N) is 1. The van der Waals surface area contributed by atoms with Gasteiger partial charge in [0.1, 0.15) is 5.75 Å². The van der Waals surface area contributed by atoms with Crippen LogP contribution in [-0.2, 0) is 4.79 Å². The van der Waals surface area contributed by atoms with Crippen LogP contribution in [0.2, 0.25) is 5.02 Å². The fourth-order valence-corrected chi connectivity index (χ4v) is 2.79. The molecule has 5 nitrogen and oxygen atoms in total. The van der Waals surface area contributed by atoms with Crippen LogP contribution in [0.25, 0.3) is 0 Å². The highest BCUT2D eigenvalue weighted by atomic mass is 35.5. The SMILES string of the molecule is COc1cc(Cl)c(C)cc1N(CCNC(=O)c1cccc(C)c1)C(C)=O. The van der Waals surface area contributed by atoms with Crippen molar-refractivity contribution in [3.63, 3.8) is 0 Å². The lowest BCUT2D eigenvalue weighted by atomic mass is 10.1. The number of nitrogens with zero attached hydrogens (tertiary/aromatic N) is 1. The molecule has 0 spiro atoms. The summed E-state index contributed by atoms with van der Waals surface area (Å²) in [6.07, 6.45) is 0. The second-order valence-electron chi connectivity index (χ2n) is 6.07. The number of aryl methyl sites for hydroxylation is 2. The van der Waals surface area contributed by atoms with Crippen molar-refractivity contribution in [2.45, 2.75) is 20.8 Å². The van der Waals surface area contributed by atoms with Gasteiger partial charge in [-0.2, -0.15) is 0 Å². The van der Waals surface area contributed by atoms with Crippen molar-refractivity contribution in [3.8, 4) is 5.75 Å². The Morgan fingerprint density at radius 1 is 1.19 bits per heavy atom. The number of hydrogen-bond donors (Lipinski definition) is 1. The minimum Gasteiger partial charge on any atom is -0.495 e. The molecule has 0 saturated heterocycles. The molecular weight excluding hydrogens is 352 g/mol. The number of anilines is 1. The van der Waals surface area contributed by atoms with E-state index < -0.39 is 0 Å². The minimum atomic E-state index is -0.170. The number of carbonyl (C=O) groups excluding carboxylic acids is 2. The maximum absolute atomic E-state index is 12.2. The first-order chi connectivity index (χ1) is 12.3. The molecule has 6 heteroatoms. The largest absolute Gasteiger partial charge is 0.495 e. The second kappa shape index (κ2) is 8.72. The molecule has 2 amide bonds. The topological polar surface area (TPSA) is 58.6 Å². The lowest BCUT2D eigenvalue weighted by Crippen LogP contribution is -2.37. The number of rotatable bonds is 6. The highest BCUT2D eigenvalue weighted by Crippen LogP contribution is 2.33. The molecule has 2 rings (SSSR count). The molecule has 0 radical (unpaired) electrons. The summed E-state index contributed by atoms with van der Waals surface area (Å²) in [4.78, 5) is 25.9. The summed E-state index contributed by atoms with van der Waals surface area (Å²) in [5.41, 5.74) is 3.09. The van der Waals surface area contributed by atoms with E-state index in [0.717, 1.165) is 11.1 Å². The Kier molecular flexibility index (Phi) is 6.64. The number of ether oxygens (including phenoxy) is 1. The molecule has 0 aliphatic carbocycles. The Balaban J connectivity index is 2.11. The van der Waals surface area contributed by atoms with Gasteiger partial charge in [-0.05, 0) is 37.6 Å². The van der Waals surface area contributed by atoms with Gasteiger partial charge in [-0.1, -0.05) is 29.3 Å². The predicted octanol–water partition coefficient (Wildman–Crippen LogP) is 3.75. The maximum atomic E-state index is 12.2. The highest BCUT2D eigenvalue weighted by Gasteiger charge is 2.18. The van der Waals surface area contributed by atoms with E-state index in [2.05, 4.69) is 5.32 Å². The third kappa shape index (κ3) is 4.76. The van der Waals surface area contributed by atoms with Crippen LogP contribution < -0.4 is 15.0 Å². The van der Waals surface area contributed by atoms with Crippen LogP contribution in [0.3, 0.4) is 0 Å². The molecular formula is C20H23ClN2O3. The van der Waals surface area contributed by atoms with E-state index in [9.17, 15) is 9.59 Å². The van der Waals surface area contributed by atoms with Crippen LogP contribution in [0.15, 0.2) is 36.4 Å². The molecule has 0 fully saturated rings. The number of amides is 2. The van der Waals surface area contributed by atoms with Crippen molar-refractivity contribution in [3.05, 3.63) is 58.1 Å². The van der Waals surface area contributed by atoms with E-state index in [1.807, 2.05) is 38.1 Å². The standard InChI is InChI=1S/C20H23ClN2O3/c1-13-6-5-7-16(10-13)20(25)22-8-9-23(15(3)24)18-11-14(2)17(21)12-19(18)26-4/h5-7,10-12H,8-9H2,1-4H3,(H,22,25). The number of methoxy groups -OCH3 is 1. The quantitative estimate of drug-likeness (QED) is 0.837. The third-order valence-corrected chi connectivity index (χ3v) is 4.44. The Labute approximate surface area is 158 Å². The predicted molar refractivity (Wildman–Crippen MR) is 104 cm³/mol. The fraction of sp³-hybridized carbons (Fsp3) is 0.300. The van der Waals surface area contributed by atoms with Gasteiger partial charge in [-0.25, -0.2) is 0 Å². The molecule has 0 bridgehead atoms. The molecule has 1 N–H and O–H groups in total. The van der Waals surface area contributed by atoms with E-state index in [4.69, 9.17) is 16.3 Å². The number of halogens is 1. The Bertz CT molecular complexity index is 821. The highest BCUT2D eigenvalue weighted by molar-refractivity contribution is 6.31. The van der Waals surface area contributed by atoms with Crippen LogP contribution in [0.4, 0.5) is 5.69 Å². The zero-order valence-corrected chi connectivity index (χ0v) is 16.2. The van der Waals surface area contributed by atoms with Gasteiger partial charge in [0, 0.05) is 36.7 Å². The Hall–Kier alpha value is -2.53. The summed E-state index contributed by atoms with van der Waals surface area (Å²) in [6.45, 7) is 5.92. The minimum absolute atomic E-state index is 0.144. The van der Waals surface area contributed by atoms with Gasteiger partial charge in [0.05, 0.1) is 12.8 Å². The number of carbonyl (C=O) groups is 2. The number of hydrogen-bond acceptors (Lipinski definition) is 3. The Morgan fingerprint density at radius 3 is 2.54 bits per heavy atom. The van der Waals surface area contributed by atoms with Gasteiger partial charge in [0.25, 0.3) is 5.91 Å². The lowest BCUT2D eigenvalue weighted by molar-refractivity contribution is -0.116. The van der Waals surface area contributed by atoms with Crippen molar-refractivity contribution >= 4 is 29.1 Å². The zero-order chi connectivity index (χ0) is 19.3. The van der Waals surface area contributed by atoms with Crippen molar-refractivity contribution in [1.29, 1.82) is 0 Å². The van der Waals surface area contributed by atoms with Crippen LogP contribution in [0.5, 0.6) is 5.75 Å². The molecule has 0 atom stereocenters. The molecule has 0 unspecified atom stereocenters. The summed E-state index contributed by atoms with van der Waals surface area (Å²) >= 11 is 6.13. The summed E-state index contributed by atoms with van der Waals surface area (Å²) in [6, 6.07) is 10.9. The van der Waals surface area contributed by atoms with Crippen LogP contribution >= 0.6 is 11.6 Å². The van der Waals surface area contributed by atoms with Crippen molar-refractivity contribution in [1.82, 2.24) is 5.32 Å². The van der Waals surface area contributed by atoms with E-state index in [-0.39, 0.29) is 11.8 Å². The average molecular weight is 375 g/mol. The van der Waals surface area contributed by atoms with Crippen LogP contribution in [0, 0.1) is 13.8 Å². The maximum Gasteiger partial charge on any atom is 0.251 e. The molecule has 26 heavy (non-hydrogen) atoms. The van der Waals surface area contributed by atoms with E-state index in [1.54, 1.807) is 17.0 Å². The average Bonchev–Trinajstić information content (AvgIpc) is 2.60. The van der Waals surface area contributed by atoms with Crippen LogP contribution in [-0.4, -0.2) is 32.0 Å². The molecule has 138 valence electrons. The summed E-state index contributed by atoms with van der Waals surface area (Å²) in [5, 5.41) is 3.42. The van der Waals surface area contributed by atoms with Crippen molar-refractivity contribution in [2.24, 2.45) is 0 Å². The molecule has 0 heterocycles. The zero-order valence-electron chi connectivity index (χ0n) is 15.4. The van der Waals surface area contributed by atoms with Crippen molar-refractivity contribution < 1.29 is 14.3 Å². The summed E-state index contributed by atoms with van der Waals surface area (Å²) < 4.78 is 5.36. The molecule has 0 aliphatic rings. The summed E-state index contributed by atoms with van der Waals surface area (Å²) in [7, 11) is 1.53. The van der Waals surface area contributed by atoms with Gasteiger partial charge < -0.3 is 15.0 Å². The van der Waals surface area contributed by atoms with Gasteiger partial charge >= 0.3 is 0 Å². The first kappa shape index (κ1) is 19.8.